The van der Waals surface area contributed by atoms with Crippen LogP contribution in [0.5, 0.6) is 23.0 Å². The highest BCUT2D eigenvalue weighted by Gasteiger charge is 2.56. The van der Waals surface area contributed by atoms with Crippen molar-refractivity contribution >= 4 is 92.9 Å². The molecule has 0 aliphatic carbocycles. The Morgan fingerprint density at radius 3 is 1.84 bits per heavy atom. The summed E-state index contributed by atoms with van der Waals surface area (Å²) in [6.45, 7) is 0. The lowest BCUT2D eigenvalue weighted by Crippen LogP contribution is -2.34. The SMILES string of the molecule is O=C1OC2(c3cc(Br)c([O-])c(Br)c3Oc3c2cc(Br)c([O-])c3Br)c2c(Cl)ccc(Cl)c21. The maximum atomic E-state index is 13.0. The zero-order valence-corrected chi connectivity index (χ0v) is 22.5. The first-order valence-corrected chi connectivity index (χ1v) is 12.3. The fraction of sp³-hybridized carbons (Fsp3) is 0.0500. The highest BCUT2D eigenvalue weighted by Crippen LogP contribution is 2.63. The number of rotatable bonds is 0. The molecule has 0 atom stereocenters. The molecule has 0 bridgehead atoms. The molecule has 0 saturated heterocycles. The van der Waals surface area contributed by atoms with Gasteiger partial charge in [-0.25, -0.2) is 4.79 Å². The highest BCUT2D eigenvalue weighted by atomic mass is 79.9. The Bertz CT molecular complexity index is 1300. The number of hydrogen-bond donors (Lipinski definition) is 0. The largest absolute Gasteiger partial charge is 0.871 e. The Morgan fingerprint density at radius 1 is 0.839 bits per heavy atom. The van der Waals surface area contributed by atoms with E-state index in [4.69, 9.17) is 32.7 Å². The highest BCUT2D eigenvalue weighted by molar-refractivity contribution is 9.11. The first kappa shape index (κ1) is 21.9. The number of carbonyl (C=O) groups excluding carboxylic acids is 1. The fourth-order valence-electron chi connectivity index (χ4n) is 3.85. The number of esters is 1. The summed E-state index contributed by atoms with van der Waals surface area (Å²) >= 11 is 26.0. The molecule has 1 spiro atoms. The lowest BCUT2D eigenvalue weighted by atomic mass is 9.77. The molecule has 0 saturated carbocycles. The number of halogens is 6. The Kier molecular flexibility index (Phi) is 5.12. The van der Waals surface area contributed by atoms with E-state index in [0.717, 1.165) is 0 Å². The van der Waals surface area contributed by atoms with Crippen molar-refractivity contribution in [2.75, 3.05) is 0 Å². The van der Waals surface area contributed by atoms with Gasteiger partial charge < -0.3 is 19.7 Å². The van der Waals surface area contributed by atoms with Gasteiger partial charge in [-0.15, -0.1) is 0 Å². The van der Waals surface area contributed by atoms with E-state index in [1.54, 1.807) is 6.07 Å². The monoisotopic (exact) mass is 710 g/mol. The summed E-state index contributed by atoms with van der Waals surface area (Å²) in [6, 6.07) is 6.08. The summed E-state index contributed by atoms with van der Waals surface area (Å²) in [7, 11) is 0. The van der Waals surface area contributed by atoms with Gasteiger partial charge in [0, 0.05) is 30.7 Å². The summed E-state index contributed by atoms with van der Waals surface area (Å²) in [5.74, 6) is -1.26. The van der Waals surface area contributed by atoms with Crippen LogP contribution in [0.15, 0.2) is 42.2 Å². The molecule has 2 aliphatic heterocycles. The number of benzene rings is 3. The van der Waals surface area contributed by atoms with Gasteiger partial charge in [-0.2, -0.15) is 0 Å². The molecule has 0 unspecified atom stereocenters. The maximum Gasteiger partial charge on any atom is 0.341 e. The Morgan fingerprint density at radius 2 is 1.32 bits per heavy atom. The minimum absolute atomic E-state index is 0.0896. The van der Waals surface area contributed by atoms with E-state index in [-0.39, 0.29) is 56.5 Å². The maximum absolute atomic E-state index is 13.0. The van der Waals surface area contributed by atoms with Crippen molar-refractivity contribution in [2.45, 2.75) is 5.60 Å². The van der Waals surface area contributed by atoms with E-state index in [0.29, 0.717) is 16.7 Å². The Hall–Kier alpha value is -0.970. The van der Waals surface area contributed by atoms with Gasteiger partial charge in [-0.3, -0.25) is 0 Å². The van der Waals surface area contributed by atoms with Gasteiger partial charge in [-0.1, -0.05) is 66.6 Å². The summed E-state index contributed by atoms with van der Waals surface area (Å²) in [6.07, 6.45) is 0. The average Bonchev–Trinajstić information content (AvgIpc) is 3.04. The van der Waals surface area contributed by atoms with Crippen LogP contribution in [0.3, 0.4) is 0 Å². The molecule has 3 aromatic rings. The van der Waals surface area contributed by atoms with Crippen LogP contribution in [0.1, 0.15) is 27.0 Å². The van der Waals surface area contributed by atoms with E-state index in [1.807, 2.05) is 0 Å². The molecule has 3 aromatic carbocycles. The Balaban J connectivity index is 2.03. The van der Waals surface area contributed by atoms with Crippen molar-refractivity contribution in [2.24, 2.45) is 0 Å². The third-order valence-electron chi connectivity index (χ3n) is 5.13. The number of fused-ring (bicyclic) bond motifs is 6. The summed E-state index contributed by atoms with van der Waals surface area (Å²) in [5, 5.41) is 25.5. The molecule has 2 heterocycles. The van der Waals surface area contributed by atoms with Crippen LogP contribution in [0, 0.1) is 0 Å². The van der Waals surface area contributed by atoms with E-state index in [9.17, 15) is 15.0 Å². The van der Waals surface area contributed by atoms with Crippen LogP contribution >= 0.6 is 86.9 Å². The number of ether oxygens (including phenoxy) is 2. The molecule has 0 amide bonds. The predicted octanol–water partition coefficient (Wildman–Crippen LogP) is 6.76. The van der Waals surface area contributed by atoms with Crippen LogP contribution in [0.2, 0.25) is 10.0 Å². The summed E-state index contributed by atoms with van der Waals surface area (Å²) < 4.78 is 12.6. The molecule has 158 valence electrons. The van der Waals surface area contributed by atoms with Gasteiger partial charge in [0.25, 0.3) is 0 Å². The fourth-order valence-corrected chi connectivity index (χ4v) is 6.78. The minimum atomic E-state index is -1.62. The van der Waals surface area contributed by atoms with Crippen molar-refractivity contribution in [3.05, 3.63) is 74.5 Å². The van der Waals surface area contributed by atoms with Gasteiger partial charge in [-0.05, 0) is 56.1 Å². The van der Waals surface area contributed by atoms with Crippen LogP contribution in [0.4, 0.5) is 0 Å². The van der Waals surface area contributed by atoms with Crippen LogP contribution in [-0.4, -0.2) is 5.97 Å². The first-order valence-electron chi connectivity index (χ1n) is 8.38. The second kappa shape index (κ2) is 7.27. The van der Waals surface area contributed by atoms with Crippen molar-refractivity contribution in [1.82, 2.24) is 0 Å². The standard InChI is InChI=1S/C20H6Br4Cl2O5/c21-7-3-5-17(13(23)15(7)27)30-18-6(4-8(22)16(28)14(18)24)20(5)12-10(26)2-1-9(25)11(12)19(29)31-20/h1-4,27-28H/p-2. The van der Waals surface area contributed by atoms with Gasteiger partial charge in [0.2, 0.25) is 0 Å². The molecule has 2 aliphatic rings. The molecule has 0 radical (unpaired) electrons. The second-order valence-electron chi connectivity index (χ2n) is 6.71. The summed E-state index contributed by atoms with van der Waals surface area (Å²) in [5.41, 5.74) is -0.536. The number of carbonyl (C=O) groups is 1. The van der Waals surface area contributed by atoms with Crippen molar-refractivity contribution in [1.29, 1.82) is 0 Å². The average molecular weight is 715 g/mol. The molecule has 0 N–H and O–H groups in total. The van der Waals surface area contributed by atoms with Gasteiger partial charge in [0.1, 0.15) is 11.5 Å². The van der Waals surface area contributed by atoms with Gasteiger partial charge in [0.15, 0.2) is 5.60 Å². The van der Waals surface area contributed by atoms with Crippen LogP contribution in [0.25, 0.3) is 0 Å². The minimum Gasteiger partial charge on any atom is -0.871 e. The van der Waals surface area contributed by atoms with Gasteiger partial charge in [0.05, 0.1) is 19.5 Å². The van der Waals surface area contributed by atoms with E-state index in [1.165, 1.54) is 18.2 Å². The Labute approximate surface area is 218 Å². The van der Waals surface area contributed by atoms with Crippen molar-refractivity contribution in [3.63, 3.8) is 0 Å². The third-order valence-corrected chi connectivity index (χ3v) is 8.38. The normalized spacial score (nSPS) is 15.2. The molecule has 5 nitrogen and oxygen atoms in total. The molecule has 11 heteroatoms. The smallest absolute Gasteiger partial charge is 0.341 e. The molecular formula is C20H4Br4Cl2O5-2. The van der Waals surface area contributed by atoms with Gasteiger partial charge >= 0.3 is 5.97 Å². The zero-order valence-electron chi connectivity index (χ0n) is 14.6. The number of hydrogen-bond acceptors (Lipinski definition) is 5. The predicted molar refractivity (Wildman–Crippen MR) is 124 cm³/mol. The summed E-state index contributed by atoms with van der Waals surface area (Å²) in [4.78, 5) is 13.0. The molecule has 5 rings (SSSR count). The second-order valence-corrected chi connectivity index (χ2v) is 10.8. The zero-order chi connectivity index (χ0) is 22.4. The molecule has 31 heavy (non-hydrogen) atoms. The van der Waals surface area contributed by atoms with E-state index in [2.05, 4.69) is 63.7 Å². The van der Waals surface area contributed by atoms with Crippen molar-refractivity contribution in [3.8, 4) is 23.0 Å². The molecule has 0 fully saturated rings. The van der Waals surface area contributed by atoms with E-state index < -0.39 is 11.6 Å². The van der Waals surface area contributed by atoms with Crippen LogP contribution < -0.4 is 14.9 Å². The third kappa shape index (κ3) is 2.80. The quantitative estimate of drug-likeness (QED) is 0.241. The van der Waals surface area contributed by atoms with E-state index >= 15 is 0 Å². The molecular weight excluding hydrogens is 711 g/mol. The lowest BCUT2D eigenvalue weighted by molar-refractivity contribution is -0.271. The first-order chi connectivity index (χ1) is 14.6. The van der Waals surface area contributed by atoms with Crippen molar-refractivity contribution < 1.29 is 24.5 Å². The topological polar surface area (TPSA) is 81.7 Å². The lowest BCUT2D eigenvalue weighted by Gasteiger charge is -2.39. The molecule has 0 aromatic heterocycles. The van der Waals surface area contributed by atoms with Crippen LogP contribution in [-0.2, 0) is 10.3 Å².